The molecule has 1 aliphatic heterocycles. The van der Waals surface area contributed by atoms with Crippen molar-refractivity contribution in [2.24, 2.45) is 0 Å². The standard InChI is InChI=1S/C18H13Cl2N5O3/c1-9-17(23-24-25(9)11-4-2-3-10(19)5-11)18(27)22-13-7-15-14(6-12(13)20)21-16(26)8-28-15/h2-7H,8H2,1H3,(H,21,26)(H,22,27). The van der Waals surface area contributed by atoms with Crippen molar-refractivity contribution in [1.82, 2.24) is 15.0 Å². The summed E-state index contributed by atoms with van der Waals surface area (Å²) in [6.07, 6.45) is 0. The molecule has 4 rings (SSSR count). The molecule has 3 aromatic rings. The quantitative estimate of drug-likeness (QED) is 0.679. The average Bonchev–Trinajstić information content (AvgIpc) is 3.04. The Morgan fingerprint density at radius 1 is 1.29 bits per heavy atom. The molecule has 8 nitrogen and oxygen atoms in total. The van der Waals surface area contributed by atoms with Crippen molar-refractivity contribution in [2.45, 2.75) is 6.92 Å². The van der Waals surface area contributed by atoms with E-state index in [9.17, 15) is 9.59 Å². The number of nitrogens with one attached hydrogen (secondary N) is 2. The Morgan fingerprint density at radius 2 is 2.11 bits per heavy atom. The van der Waals surface area contributed by atoms with Crippen LogP contribution in [-0.4, -0.2) is 33.4 Å². The maximum atomic E-state index is 12.7. The molecule has 1 aliphatic rings. The number of benzene rings is 2. The first kappa shape index (κ1) is 18.3. The van der Waals surface area contributed by atoms with Crippen LogP contribution in [0.2, 0.25) is 10.0 Å². The van der Waals surface area contributed by atoms with E-state index in [0.717, 1.165) is 0 Å². The third kappa shape index (κ3) is 3.39. The number of rotatable bonds is 3. The molecule has 10 heteroatoms. The third-order valence-electron chi connectivity index (χ3n) is 4.11. The number of nitrogens with zero attached hydrogens (tertiary/aromatic N) is 3. The number of carbonyl (C=O) groups excluding carboxylic acids is 2. The Labute approximate surface area is 169 Å². The molecule has 142 valence electrons. The molecule has 0 bridgehead atoms. The lowest BCUT2D eigenvalue weighted by Crippen LogP contribution is -2.25. The van der Waals surface area contributed by atoms with E-state index in [1.807, 2.05) is 0 Å². The Bertz CT molecular complexity index is 1110. The minimum absolute atomic E-state index is 0.102. The van der Waals surface area contributed by atoms with Crippen LogP contribution in [0.5, 0.6) is 5.75 Å². The Balaban J connectivity index is 1.61. The molecule has 0 radical (unpaired) electrons. The minimum Gasteiger partial charge on any atom is -0.482 e. The summed E-state index contributed by atoms with van der Waals surface area (Å²) >= 11 is 12.2. The molecular formula is C18H13Cl2N5O3. The normalized spacial score (nSPS) is 12.8. The van der Waals surface area contributed by atoms with Crippen molar-refractivity contribution in [3.05, 3.63) is 57.8 Å². The molecule has 0 saturated carbocycles. The summed E-state index contributed by atoms with van der Waals surface area (Å²) in [5.74, 6) is -0.334. The van der Waals surface area contributed by atoms with E-state index in [2.05, 4.69) is 20.9 Å². The molecule has 0 aliphatic carbocycles. The summed E-state index contributed by atoms with van der Waals surface area (Å²) in [4.78, 5) is 24.1. The van der Waals surface area contributed by atoms with Crippen LogP contribution < -0.4 is 15.4 Å². The van der Waals surface area contributed by atoms with Gasteiger partial charge in [0, 0.05) is 11.1 Å². The van der Waals surface area contributed by atoms with Crippen LogP contribution in [0.1, 0.15) is 16.2 Å². The van der Waals surface area contributed by atoms with Crippen molar-refractivity contribution in [2.75, 3.05) is 17.2 Å². The fraction of sp³-hybridized carbons (Fsp3) is 0.111. The van der Waals surface area contributed by atoms with Crippen molar-refractivity contribution in [1.29, 1.82) is 0 Å². The van der Waals surface area contributed by atoms with Crippen LogP contribution in [0.25, 0.3) is 5.69 Å². The number of anilines is 2. The number of carbonyl (C=O) groups is 2. The second kappa shape index (κ2) is 7.14. The van der Waals surface area contributed by atoms with E-state index in [-0.39, 0.29) is 23.2 Å². The van der Waals surface area contributed by atoms with Crippen LogP contribution in [0, 0.1) is 6.92 Å². The number of halogens is 2. The van der Waals surface area contributed by atoms with E-state index in [0.29, 0.717) is 33.5 Å². The Kier molecular flexibility index (Phi) is 4.66. The highest BCUT2D eigenvalue weighted by Gasteiger charge is 2.22. The summed E-state index contributed by atoms with van der Waals surface area (Å²) in [7, 11) is 0. The molecule has 2 aromatic carbocycles. The first-order valence-electron chi connectivity index (χ1n) is 8.18. The average molecular weight is 418 g/mol. The van der Waals surface area contributed by atoms with Gasteiger partial charge in [-0.05, 0) is 31.2 Å². The van der Waals surface area contributed by atoms with Gasteiger partial charge in [-0.25, -0.2) is 4.68 Å². The summed E-state index contributed by atoms with van der Waals surface area (Å²) < 4.78 is 6.87. The molecule has 28 heavy (non-hydrogen) atoms. The van der Waals surface area contributed by atoms with Crippen molar-refractivity contribution < 1.29 is 14.3 Å². The van der Waals surface area contributed by atoms with E-state index < -0.39 is 5.91 Å². The lowest BCUT2D eigenvalue weighted by atomic mass is 10.2. The second-order valence-corrected chi connectivity index (χ2v) is 6.88. The van der Waals surface area contributed by atoms with E-state index in [1.165, 1.54) is 10.7 Å². The summed E-state index contributed by atoms with van der Waals surface area (Å²) in [5, 5.41) is 14.1. The molecule has 0 spiro atoms. The first-order valence-corrected chi connectivity index (χ1v) is 8.94. The number of aromatic nitrogens is 3. The zero-order valence-corrected chi connectivity index (χ0v) is 16.0. The first-order chi connectivity index (χ1) is 13.4. The van der Waals surface area contributed by atoms with Crippen molar-refractivity contribution in [3.63, 3.8) is 0 Å². The van der Waals surface area contributed by atoms with E-state index >= 15 is 0 Å². The van der Waals surface area contributed by atoms with Gasteiger partial charge < -0.3 is 15.4 Å². The highest BCUT2D eigenvalue weighted by Crippen LogP contribution is 2.36. The SMILES string of the molecule is Cc1c(C(=O)Nc2cc3c(cc2Cl)NC(=O)CO3)nnn1-c1cccc(Cl)c1. The van der Waals surface area contributed by atoms with Crippen molar-refractivity contribution in [3.8, 4) is 11.4 Å². The summed E-state index contributed by atoms with van der Waals surface area (Å²) in [6, 6.07) is 10.1. The van der Waals surface area contributed by atoms with Gasteiger partial charge in [0.05, 0.1) is 27.8 Å². The van der Waals surface area contributed by atoms with Gasteiger partial charge >= 0.3 is 0 Å². The maximum Gasteiger partial charge on any atom is 0.278 e. The fourth-order valence-electron chi connectivity index (χ4n) is 2.77. The van der Waals surface area contributed by atoms with Gasteiger partial charge in [0.1, 0.15) is 5.75 Å². The molecule has 2 amide bonds. The van der Waals surface area contributed by atoms with Crippen LogP contribution in [0.15, 0.2) is 36.4 Å². The van der Waals surface area contributed by atoms with Crippen molar-refractivity contribution >= 4 is 46.4 Å². The monoisotopic (exact) mass is 417 g/mol. The van der Waals surface area contributed by atoms with Crippen LogP contribution in [-0.2, 0) is 4.79 Å². The van der Waals surface area contributed by atoms with Crippen LogP contribution >= 0.6 is 23.2 Å². The highest BCUT2D eigenvalue weighted by molar-refractivity contribution is 6.34. The van der Waals surface area contributed by atoms with Gasteiger partial charge in [-0.1, -0.05) is 34.5 Å². The van der Waals surface area contributed by atoms with Gasteiger partial charge in [-0.2, -0.15) is 0 Å². The number of hydrogen-bond acceptors (Lipinski definition) is 5. The number of ether oxygens (including phenoxy) is 1. The number of hydrogen-bond donors (Lipinski definition) is 2. The molecule has 0 atom stereocenters. The van der Waals surface area contributed by atoms with Gasteiger partial charge in [0.25, 0.3) is 11.8 Å². The Hall–Kier alpha value is -3.10. The summed E-state index contributed by atoms with van der Waals surface area (Å²) in [5.41, 5.74) is 2.15. The van der Waals surface area contributed by atoms with Gasteiger partial charge in [0.15, 0.2) is 12.3 Å². The van der Waals surface area contributed by atoms with E-state index in [4.69, 9.17) is 27.9 Å². The van der Waals surface area contributed by atoms with E-state index in [1.54, 1.807) is 37.3 Å². The largest absolute Gasteiger partial charge is 0.482 e. The predicted molar refractivity (Wildman–Crippen MR) is 105 cm³/mol. The maximum absolute atomic E-state index is 12.7. The molecule has 0 unspecified atom stereocenters. The second-order valence-electron chi connectivity index (χ2n) is 6.03. The third-order valence-corrected chi connectivity index (χ3v) is 4.66. The Morgan fingerprint density at radius 3 is 2.89 bits per heavy atom. The fourth-order valence-corrected chi connectivity index (χ4v) is 3.16. The topological polar surface area (TPSA) is 98.1 Å². The van der Waals surface area contributed by atoms with Gasteiger partial charge in [-0.3, -0.25) is 9.59 Å². The van der Waals surface area contributed by atoms with Crippen LogP contribution in [0.3, 0.4) is 0 Å². The molecule has 2 heterocycles. The molecular weight excluding hydrogens is 405 g/mol. The lowest BCUT2D eigenvalue weighted by molar-refractivity contribution is -0.118. The van der Waals surface area contributed by atoms with Gasteiger partial charge in [0.2, 0.25) is 0 Å². The zero-order chi connectivity index (χ0) is 19.8. The lowest BCUT2D eigenvalue weighted by Gasteiger charge is -2.19. The molecule has 0 saturated heterocycles. The van der Waals surface area contributed by atoms with Crippen LogP contribution in [0.4, 0.5) is 11.4 Å². The molecule has 1 aromatic heterocycles. The van der Waals surface area contributed by atoms with Gasteiger partial charge in [-0.15, -0.1) is 5.10 Å². The minimum atomic E-state index is -0.479. The highest BCUT2D eigenvalue weighted by atomic mass is 35.5. The molecule has 0 fully saturated rings. The summed E-state index contributed by atoms with van der Waals surface area (Å²) in [6.45, 7) is 1.62. The zero-order valence-electron chi connectivity index (χ0n) is 14.5. The molecule has 2 N–H and O–H groups in total. The number of amides is 2. The smallest absolute Gasteiger partial charge is 0.278 e. The predicted octanol–water partition coefficient (Wildman–Crippen LogP) is 3.47. The number of fused-ring (bicyclic) bond motifs is 1.